The summed E-state index contributed by atoms with van der Waals surface area (Å²) in [6.07, 6.45) is 0. The Kier molecular flexibility index (Phi) is 5.76. The van der Waals surface area contributed by atoms with Gasteiger partial charge in [0.15, 0.2) is 12.4 Å². The van der Waals surface area contributed by atoms with Gasteiger partial charge in [-0.15, -0.1) is 0 Å². The fraction of sp³-hybridized carbons (Fsp3) is 0.235. The molecule has 0 aliphatic carbocycles. The molecular formula is C17H17ClN2O4. The summed E-state index contributed by atoms with van der Waals surface area (Å²) in [5, 5.41) is 11.6. The van der Waals surface area contributed by atoms with Crippen LogP contribution in [-0.2, 0) is 4.79 Å². The highest BCUT2D eigenvalue weighted by Gasteiger charge is 2.20. The molecule has 0 saturated carbocycles. The van der Waals surface area contributed by atoms with Gasteiger partial charge in [-0.3, -0.25) is 14.9 Å². The molecule has 0 heterocycles. The summed E-state index contributed by atoms with van der Waals surface area (Å²) in [5.74, 6) is -0.209. The third-order valence-electron chi connectivity index (χ3n) is 3.74. The number of hydrogen-bond donors (Lipinski definition) is 0. The maximum atomic E-state index is 12.3. The summed E-state index contributed by atoms with van der Waals surface area (Å²) < 4.78 is 5.33. The molecule has 7 heteroatoms. The highest BCUT2D eigenvalue weighted by Crippen LogP contribution is 2.26. The fourth-order valence-corrected chi connectivity index (χ4v) is 2.28. The minimum Gasteiger partial charge on any atom is -0.477 e. The quantitative estimate of drug-likeness (QED) is 0.587. The normalized spacial score (nSPS) is 11.6. The first-order valence-corrected chi connectivity index (χ1v) is 7.65. The second kappa shape index (κ2) is 7.79. The number of rotatable bonds is 6. The van der Waals surface area contributed by atoms with E-state index in [2.05, 4.69) is 0 Å². The maximum absolute atomic E-state index is 12.3. The van der Waals surface area contributed by atoms with E-state index in [1.807, 2.05) is 19.1 Å². The van der Waals surface area contributed by atoms with Crippen LogP contribution >= 0.6 is 11.6 Å². The van der Waals surface area contributed by atoms with Crippen molar-refractivity contribution in [1.82, 2.24) is 4.90 Å². The van der Waals surface area contributed by atoms with E-state index in [1.165, 1.54) is 17.0 Å². The number of nitro benzene ring substituents is 1. The predicted molar refractivity (Wildman–Crippen MR) is 91.2 cm³/mol. The lowest BCUT2D eigenvalue weighted by Gasteiger charge is -2.25. The van der Waals surface area contributed by atoms with Crippen molar-refractivity contribution in [2.75, 3.05) is 13.7 Å². The molecule has 2 rings (SSSR count). The predicted octanol–water partition coefficient (Wildman–Crippen LogP) is 3.85. The number of amides is 1. The second-order valence-electron chi connectivity index (χ2n) is 5.25. The highest BCUT2D eigenvalue weighted by atomic mass is 35.5. The molecule has 2 aromatic rings. The topological polar surface area (TPSA) is 72.7 Å². The molecule has 0 spiro atoms. The Bertz CT molecular complexity index is 734. The lowest BCUT2D eigenvalue weighted by molar-refractivity contribution is -0.385. The molecule has 0 aromatic heterocycles. The number of ether oxygens (including phenoxy) is 1. The maximum Gasteiger partial charge on any atom is 0.310 e. The molecule has 0 aliphatic rings. The van der Waals surface area contributed by atoms with Crippen molar-refractivity contribution >= 4 is 23.2 Å². The van der Waals surface area contributed by atoms with Crippen molar-refractivity contribution in [2.45, 2.75) is 13.0 Å². The molecule has 2 aromatic carbocycles. The summed E-state index contributed by atoms with van der Waals surface area (Å²) in [6, 6.07) is 13.0. The van der Waals surface area contributed by atoms with Crippen molar-refractivity contribution in [3.8, 4) is 5.75 Å². The number of likely N-dealkylation sites (N-methyl/N-ethyl adjacent to an activating group) is 1. The van der Waals surface area contributed by atoms with Gasteiger partial charge in [-0.2, -0.15) is 0 Å². The molecule has 126 valence electrons. The molecule has 1 atom stereocenters. The smallest absolute Gasteiger partial charge is 0.310 e. The van der Waals surface area contributed by atoms with Crippen LogP contribution in [0.15, 0.2) is 48.5 Å². The first kappa shape index (κ1) is 17.7. The number of nitrogens with zero attached hydrogens (tertiary/aromatic N) is 2. The minimum atomic E-state index is -0.542. The number of carbonyl (C=O) groups excluding carboxylic acids is 1. The van der Waals surface area contributed by atoms with E-state index in [4.69, 9.17) is 16.3 Å². The third-order valence-corrected chi connectivity index (χ3v) is 3.99. The van der Waals surface area contributed by atoms with Gasteiger partial charge in [0.2, 0.25) is 0 Å². The van der Waals surface area contributed by atoms with Crippen molar-refractivity contribution in [1.29, 1.82) is 0 Å². The zero-order valence-corrected chi connectivity index (χ0v) is 14.1. The van der Waals surface area contributed by atoms with Crippen molar-refractivity contribution < 1.29 is 14.5 Å². The Morgan fingerprint density at radius 1 is 1.25 bits per heavy atom. The molecule has 6 nitrogen and oxygen atoms in total. The number of hydrogen-bond acceptors (Lipinski definition) is 4. The van der Waals surface area contributed by atoms with Crippen LogP contribution < -0.4 is 4.74 Å². The zero-order chi connectivity index (χ0) is 17.7. The van der Waals surface area contributed by atoms with E-state index >= 15 is 0 Å². The molecule has 1 amide bonds. The van der Waals surface area contributed by atoms with Gasteiger partial charge >= 0.3 is 5.69 Å². The Morgan fingerprint density at radius 2 is 1.88 bits per heavy atom. The van der Waals surface area contributed by atoms with E-state index < -0.39 is 4.92 Å². The molecule has 0 radical (unpaired) electrons. The average Bonchev–Trinajstić information content (AvgIpc) is 2.59. The minimum absolute atomic E-state index is 0.0726. The number of benzene rings is 2. The fourth-order valence-electron chi connectivity index (χ4n) is 2.15. The Balaban J connectivity index is 2.02. The molecular weight excluding hydrogens is 332 g/mol. The van der Waals surface area contributed by atoms with E-state index in [0.717, 1.165) is 5.56 Å². The molecule has 24 heavy (non-hydrogen) atoms. The van der Waals surface area contributed by atoms with Crippen LogP contribution in [0.5, 0.6) is 5.75 Å². The number of halogens is 1. The molecule has 0 aliphatic heterocycles. The van der Waals surface area contributed by atoms with Gasteiger partial charge in [0.05, 0.1) is 11.0 Å². The lowest BCUT2D eigenvalue weighted by atomic mass is 10.1. The van der Waals surface area contributed by atoms with E-state index in [9.17, 15) is 14.9 Å². The average molecular weight is 349 g/mol. The summed E-state index contributed by atoms with van der Waals surface area (Å²) in [7, 11) is 1.66. The Labute approximate surface area is 144 Å². The van der Waals surface area contributed by atoms with Crippen LogP contribution in [0.1, 0.15) is 18.5 Å². The molecule has 0 bridgehead atoms. The van der Waals surface area contributed by atoms with Crippen molar-refractivity contribution in [2.24, 2.45) is 0 Å². The first-order valence-electron chi connectivity index (χ1n) is 7.27. The van der Waals surface area contributed by atoms with Gasteiger partial charge in [-0.05, 0) is 30.7 Å². The van der Waals surface area contributed by atoms with Gasteiger partial charge in [-0.1, -0.05) is 35.9 Å². The van der Waals surface area contributed by atoms with E-state index in [1.54, 1.807) is 31.3 Å². The van der Waals surface area contributed by atoms with Gasteiger partial charge in [-0.25, -0.2) is 0 Å². The monoisotopic (exact) mass is 348 g/mol. The van der Waals surface area contributed by atoms with Gasteiger partial charge in [0.25, 0.3) is 5.91 Å². The summed E-state index contributed by atoms with van der Waals surface area (Å²) in [4.78, 5) is 24.2. The number of nitro groups is 1. The van der Waals surface area contributed by atoms with E-state index in [-0.39, 0.29) is 30.0 Å². The molecule has 1 unspecified atom stereocenters. The van der Waals surface area contributed by atoms with Gasteiger partial charge in [0, 0.05) is 18.1 Å². The number of para-hydroxylation sites is 2. The molecule has 0 saturated heterocycles. The molecule has 0 N–H and O–H groups in total. The van der Waals surface area contributed by atoms with Crippen LogP contribution in [0.4, 0.5) is 5.69 Å². The Hall–Kier alpha value is -2.60. The molecule has 0 fully saturated rings. The first-order chi connectivity index (χ1) is 11.4. The van der Waals surface area contributed by atoms with Crippen LogP contribution in [0.2, 0.25) is 5.02 Å². The summed E-state index contributed by atoms with van der Waals surface area (Å²) in [6.45, 7) is 1.60. The summed E-state index contributed by atoms with van der Waals surface area (Å²) in [5.41, 5.74) is 0.764. The van der Waals surface area contributed by atoms with Crippen LogP contribution in [0.25, 0.3) is 0 Å². The van der Waals surface area contributed by atoms with Crippen molar-refractivity contribution in [3.63, 3.8) is 0 Å². The standard InChI is InChI=1S/C17H17ClN2O4/c1-12(13-7-9-14(18)10-8-13)19(2)17(21)11-24-16-6-4-3-5-15(16)20(22)23/h3-10,12H,11H2,1-2H3. The number of carbonyl (C=O) groups is 1. The van der Waals surface area contributed by atoms with Gasteiger partial charge < -0.3 is 9.64 Å². The van der Waals surface area contributed by atoms with Crippen LogP contribution in [0.3, 0.4) is 0 Å². The third kappa shape index (κ3) is 4.23. The summed E-state index contributed by atoms with van der Waals surface area (Å²) >= 11 is 5.86. The van der Waals surface area contributed by atoms with Gasteiger partial charge in [0.1, 0.15) is 0 Å². The largest absolute Gasteiger partial charge is 0.477 e. The van der Waals surface area contributed by atoms with Crippen LogP contribution in [0, 0.1) is 10.1 Å². The SMILES string of the molecule is CC(c1ccc(Cl)cc1)N(C)C(=O)COc1ccccc1[N+](=O)[O-]. The van der Waals surface area contributed by atoms with Crippen LogP contribution in [-0.4, -0.2) is 29.4 Å². The highest BCUT2D eigenvalue weighted by molar-refractivity contribution is 6.30. The van der Waals surface area contributed by atoms with Crippen molar-refractivity contribution in [3.05, 3.63) is 69.2 Å². The lowest BCUT2D eigenvalue weighted by Crippen LogP contribution is -2.33. The Morgan fingerprint density at radius 3 is 2.50 bits per heavy atom. The zero-order valence-electron chi connectivity index (χ0n) is 13.3. The second-order valence-corrected chi connectivity index (χ2v) is 5.68. The van der Waals surface area contributed by atoms with E-state index in [0.29, 0.717) is 5.02 Å².